The van der Waals surface area contributed by atoms with Gasteiger partial charge in [-0.2, -0.15) is 0 Å². The zero-order chi connectivity index (χ0) is 17.2. The average molecular weight is 315 g/mol. The van der Waals surface area contributed by atoms with Crippen LogP contribution in [0.15, 0.2) is 0 Å². The molecule has 1 heterocycles. The number of ether oxygens (including phenoxy) is 3. The highest BCUT2D eigenvalue weighted by molar-refractivity contribution is 4.83. The highest BCUT2D eigenvalue weighted by Gasteiger charge is 2.35. The van der Waals surface area contributed by atoms with Gasteiger partial charge in [-0.15, -0.1) is 0 Å². The molecule has 0 spiro atoms. The number of hydrogen-bond acceptors (Lipinski definition) is 4. The summed E-state index contributed by atoms with van der Waals surface area (Å²) < 4.78 is 17.4. The lowest BCUT2D eigenvalue weighted by Crippen LogP contribution is -2.43. The van der Waals surface area contributed by atoms with Crippen LogP contribution in [0, 0.1) is 5.41 Å². The Hall–Kier alpha value is -0.160. The second kappa shape index (κ2) is 6.76. The molecule has 0 aromatic carbocycles. The predicted octanol–water partition coefficient (Wildman–Crippen LogP) is 3.87. The Labute approximate surface area is 137 Å². The van der Waals surface area contributed by atoms with Crippen molar-refractivity contribution in [2.75, 3.05) is 13.2 Å². The summed E-state index contributed by atoms with van der Waals surface area (Å²) in [6.45, 7) is 18.6. The van der Waals surface area contributed by atoms with E-state index in [1.165, 1.54) is 0 Å². The molecule has 2 unspecified atom stereocenters. The first kappa shape index (κ1) is 19.9. The molecule has 22 heavy (non-hydrogen) atoms. The van der Waals surface area contributed by atoms with Gasteiger partial charge in [0.2, 0.25) is 0 Å². The van der Waals surface area contributed by atoms with Crippen LogP contribution >= 0.6 is 0 Å². The first-order valence-electron chi connectivity index (χ1n) is 8.44. The summed E-state index contributed by atoms with van der Waals surface area (Å²) in [6.07, 6.45) is 2.87. The van der Waals surface area contributed by atoms with E-state index in [2.05, 4.69) is 48.5 Å². The van der Waals surface area contributed by atoms with Crippen LogP contribution in [0.4, 0.5) is 0 Å². The average Bonchev–Trinajstić information content (AvgIpc) is 2.92. The molecule has 2 N–H and O–H groups in total. The van der Waals surface area contributed by atoms with Crippen LogP contribution in [-0.2, 0) is 14.2 Å². The van der Waals surface area contributed by atoms with E-state index in [9.17, 15) is 0 Å². The van der Waals surface area contributed by atoms with Gasteiger partial charge in [0.05, 0.1) is 30.5 Å². The lowest BCUT2D eigenvalue weighted by atomic mass is 9.83. The van der Waals surface area contributed by atoms with E-state index >= 15 is 0 Å². The van der Waals surface area contributed by atoms with Gasteiger partial charge in [0.1, 0.15) is 5.72 Å². The molecule has 4 heteroatoms. The van der Waals surface area contributed by atoms with Crippen molar-refractivity contribution in [3.05, 3.63) is 0 Å². The normalized spacial score (nSPS) is 22.5. The van der Waals surface area contributed by atoms with Gasteiger partial charge >= 0.3 is 0 Å². The third-order valence-electron chi connectivity index (χ3n) is 3.68. The lowest BCUT2D eigenvalue weighted by molar-refractivity contribution is -0.152. The van der Waals surface area contributed by atoms with Crippen molar-refractivity contribution in [1.82, 2.24) is 0 Å². The maximum Gasteiger partial charge on any atom is 0.116 e. The van der Waals surface area contributed by atoms with Gasteiger partial charge in [-0.1, -0.05) is 20.8 Å². The highest BCUT2D eigenvalue weighted by Crippen LogP contribution is 2.34. The van der Waals surface area contributed by atoms with Gasteiger partial charge in [0.15, 0.2) is 0 Å². The van der Waals surface area contributed by atoms with E-state index < -0.39 is 5.72 Å². The minimum atomic E-state index is -0.613. The second-order valence-electron chi connectivity index (χ2n) is 9.43. The third kappa shape index (κ3) is 9.09. The van der Waals surface area contributed by atoms with Gasteiger partial charge < -0.3 is 19.9 Å². The summed E-state index contributed by atoms with van der Waals surface area (Å²) in [5, 5.41) is 0. The number of epoxide rings is 1. The van der Waals surface area contributed by atoms with Crippen LogP contribution in [0.3, 0.4) is 0 Å². The molecule has 1 rings (SSSR count). The first-order valence-corrected chi connectivity index (χ1v) is 8.44. The molecule has 1 aliphatic rings. The SMILES string of the molecule is CC(C)(C)CC(C)(C)OC(C)(C)CCOC(C)(N)CC1CO1. The Morgan fingerprint density at radius 2 is 1.55 bits per heavy atom. The summed E-state index contributed by atoms with van der Waals surface area (Å²) in [5.41, 5.74) is 5.40. The van der Waals surface area contributed by atoms with Crippen molar-refractivity contribution in [2.45, 2.75) is 97.7 Å². The number of rotatable bonds is 9. The third-order valence-corrected chi connectivity index (χ3v) is 3.68. The zero-order valence-electron chi connectivity index (χ0n) is 15.9. The van der Waals surface area contributed by atoms with Crippen molar-refractivity contribution >= 4 is 0 Å². The minimum Gasteiger partial charge on any atom is -0.373 e. The quantitative estimate of drug-likeness (QED) is 0.518. The smallest absolute Gasteiger partial charge is 0.116 e. The van der Waals surface area contributed by atoms with E-state index in [0.29, 0.717) is 6.61 Å². The van der Waals surface area contributed by atoms with E-state index in [1.54, 1.807) is 0 Å². The zero-order valence-corrected chi connectivity index (χ0v) is 15.9. The Balaban J connectivity index is 2.39. The van der Waals surface area contributed by atoms with E-state index in [4.69, 9.17) is 19.9 Å². The Morgan fingerprint density at radius 1 is 1.00 bits per heavy atom. The van der Waals surface area contributed by atoms with Crippen LogP contribution in [-0.4, -0.2) is 36.2 Å². The molecule has 1 saturated heterocycles. The maximum atomic E-state index is 6.36. The van der Waals surface area contributed by atoms with E-state index in [1.807, 2.05) is 6.92 Å². The fraction of sp³-hybridized carbons (Fsp3) is 1.00. The van der Waals surface area contributed by atoms with Crippen molar-refractivity contribution in [3.8, 4) is 0 Å². The molecule has 1 fully saturated rings. The van der Waals surface area contributed by atoms with Crippen LogP contribution < -0.4 is 5.73 Å². The molecule has 2 atom stereocenters. The molecule has 0 saturated carbocycles. The number of nitrogens with two attached hydrogens (primary N) is 1. The lowest BCUT2D eigenvalue weighted by Gasteiger charge is -2.40. The van der Waals surface area contributed by atoms with Crippen LogP contribution in [0.1, 0.15) is 74.7 Å². The van der Waals surface area contributed by atoms with Gasteiger partial charge in [0, 0.05) is 6.42 Å². The fourth-order valence-electron chi connectivity index (χ4n) is 3.34. The Kier molecular flexibility index (Phi) is 6.11. The highest BCUT2D eigenvalue weighted by atomic mass is 16.6. The van der Waals surface area contributed by atoms with Crippen molar-refractivity contribution < 1.29 is 14.2 Å². The van der Waals surface area contributed by atoms with E-state index in [-0.39, 0.29) is 22.7 Å². The molecule has 0 amide bonds. The molecule has 0 aliphatic carbocycles. The van der Waals surface area contributed by atoms with Crippen molar-refractivity contribution in [1.29, 1.82) is 0 Å². The van der Waals surface area contributed by atoms with Crippen molar-refractivity contribution in [2.24, 2.45) is 11.1 Å². The molecule has 0 aromatic rings. The monoisotopic (exact) mass is 315 g/mol. The molecule has 4 nitrogen and oxygen atoms in total. The summed E-state index contributed by atoms with van der Waals surface area (Å²) in [5.74, 6) is 0. The number of hydrogen-bond donors (Lipinski definition) is 1. The maximum absolute atomic E-state index is 6.36. The fourth-order valence-corrected chi connectivity index (χ4v) is 3.34. The minimum absolute atomic E-state index is 0.157. The summed E-state index contributed by atoms with van der Waals surface area (Å²) in [4.78, 5) is 0. The Morgan fingerprint density at radius 3 is 2.00 bits per heavy atom. The van der Waals surface area contributed by atoms with Crippen LogP contribution in [0.25, 0.3) is 0 Å². The topological polar surface area (TPSA) is 57.0 Å². The predicted molar refractivity (Wildman–Crippen MR) is 90.8 cm³/mol. The molecule has 0 bridgehead atoms. The summed E-state index contributed by atoms with van der Waals surface area (Å²) in [7, 11) is 0. The van der Waals surface area contributed by atoms with Gasteiger partial charge in [0.25, 0.3) is 0 Å². The molecule has 1 aliphatic heterocycles. The summed E-state index contributed by atoms with van der Waals surface area (Å²) in [6, 6.07) is 0. The molecule has 0 aromatic heterocycles. The molecular weight excluding hydrogens is 278 g/mol. The molecule has 0 radical (unpaired) electrons. The standard InChI is InChI=1S/C18H37NO3/c1-15(2,3)13-17(6,7)22-16(4,5)9-10-21-18(8,19)11-14-12-20-14/h14H,9-13,19H2,1-8H3. The summed E-state index contributed by atoms with van der Waals surface area (Å²) >= 11 is 0. The van der Waals surface area contributed by atoms with Gasteiger partial charge in [-0.25, -0.2) is 0 Å². The van der Waals surface area contributed by atoms with E-state index in [0.717, 1.165) is 25.9 Å². The van der Waals surface area contributed by atoms with Crippen molar-refractivity contribution in [3.63, 3.8) is 0 Å². The van der Waals surface area contributed by atoms with Crippen LogP contribution in [0.2, 0.25) is 0 Å². The molecular formula is C18H37NO3. The van der Waals surface area contributed by atoms with Crippen LogP contribution in [0.5, 0.6) is 0 Å². The van der Waals surface area contributed by atoms with Gasteiger partial charge in [-0.3, -0.25) is 0 Å². The Bertz CT molecular complexity index is 352. The second-order valence-corrected chi connectivity index (χ2v) is 9.43. The largest absolute Gasteiger partial charge is 0.373 e. The molecule has 132 valence electrons. The van der Waals surface area contributed by atoms with Gasteiger partial charge in [-0.05, 0) is 52.9 Å². The first-order chi connectivity index (χ1) is 9.70.